The van der Waals surface area contributed by atoms with Gasteiger partial charge >= 0.3 is 0 Å². The molecule has 0 saturated carbocycles. The lowest BCUT2D eigenvalue weighted by atomic mass is 10.5. The molecule has 2 aromatic rings. The summed E-state index contributed by atoms with van der Waals surface area (Å²) in [5, 5.41) is 4.08. The number of anilines is 1. The van der Waals surface area contributed by atoms with E-state index in [9.17, 15) is 0 Å². The second-order valence-corrected chi connectivity index (χ2v) is 4.02. The van der Waals surface area contributed by atoms with Crippen LogP contribution in [0.1, 0.15) is 0 Å². The molecule has 72 valence electrons. The molecule has 0 amide bonds. The molecule has 0 fully saturated rings. The van der Waals surface area contributed by atoms with E-state index in [1.54, 1.807) is 22.6 Å². The zero-order valence-electron chi connectivity index (χ0n) is 7.71. The summed E-state index contributed by atoms with van der Waals surface area (Å²) in [6, 6.07) is 3.77. The number of aromatic nitrogens is 3. The second-order valence-electron chi connectivity index (χ2n) is 2.87. The Bertz CT molecular complexity index is 438. The second kappa shape index (κ2) is 3.71. The number of hydrogen-bond donors (Lipinski definition) is 1. The zero-order valence-corrected chi connectivity index (χ0v) is 8.53. The summed E-state index contributed by atoms with van der Waals surface area (Å²) in [6.45, 7) is 0. The molecule has 0 atom stereocenters. The molecule has 14 heavy (non-hydrogen) atoms. The fourth-order valence-corrected chi connectivity index (χ4v) is 1.96. The van der Waals surface area contributed by atoms with Crippen molar-refractivity contribution in [1.29, 1.82) is 0 Å². The normalized spacial score (nSPS) is 10.4. The first-order chi connectivity index (χ1) is 6.74. The number of aryl methyl sites for hydroxylation is 1. The van der Waals surface area contributed by atoms with Crippen molar-refractivity contribution in [2.45, 2.75) is 9.79 Å². The Balaban J connectivity index is 2.18. The molecule has 4 nitrogen and oxygen atoms in total. The van der Waals surface area contributed by atoms with Gasteiger partial charge in [-0.2, -0.15) is 5.10 Å². The molecular formula is C9H10N4S. The van der Waals surface area contributed by atoms with E-state index in [-0.39, 0.29) is 0 Å². The van der Waals surface area contributed by atoms with Gasteiger partial charge in [0, 0.05) is 24.3 Å². The van der Waals surface area contributed by atoms with Crippen molar-refractivity contribution in [3.8, 4) is 0 Å². The number of pyridine rings is 1. The van der Waals surface area contributed by atoms with Gasteiger partial charge in [0.15, 0.2) is 0 Å². The van der Waals surface area contributed by atoms with Crippen LogP contribution in [0.25, 0.3) is 0 Å². The van der Waals surface area contributed by atoms with Crippen LogP contribution in [0.15, 0.2) is 40.5 Å². The number of nitrogens with two attached hydrogens (primary N) is 1. The van der Waals surface area contributed by atoms with Crippen LogP contribution in [-0.4, -0.2) is 14.8 Å². The fourth-order valence-electron chi connectivity index (χ4n) is 1.08. The van der Waals surface area contributed by atoms with Crippen LogP contribution in [0.4, 0.5) is 5.82 Å². The van der Waals surface area contributed by atoms with E-state index in [0.717, 1.165) is 9.79 Å². The molecular weight excluding hydrogens is 196 g/mol. The standard InChI is InChI=1S/C9H10N4S/c1-13-6-8(5-12-13)14-7-2-3-11-9(10)4-7/h2-6H,1H3,(H2,10,11). The van der Waals surface area contributed by atoms with Crippen LogP contribution in [-0.2, 0) is 7.05 Å². The van der Waals surface area contributed by atoms with Crippen LogP contribution in [0.2, 0.25) is 0 Å². The van der Waals surface area contributed by atoms with E-state index in [1.165, 1.54) is 0 Å². The summed E-state index contributed by atoms with van der Waals surface area (Å²) in [6.07, 6.45) is 5.48. The molecule has 2 aromatic heterocycles. The SMILES string of the molecule is Cn1cc(Sc2ccnc(N)c2)cn1. The highest BCUT2D eigenvalue weighted by Crippen LogP contribution is 2.27. The number of hydrogen-bond acceptors (Lipinski definition) is 4. The maximum atomic E-state index is 5.57. The third-order valence-corrected chi connectivity index (χ3v) is 2.61. The third-order valence-electron chi connectivity index (χ3n) is 1.67. The van der Waals surface area contributed by atoms with E-state index in [4.69, 9.17) is 5.73 Å². The van der Waals surface area contributed by atoms with Gasteiger partial charge in [0.2, 0.25) is 0 Å². The maximum Gasteiger partial charge on any atom is 0.124 e. The third kappa shape index (κ3) is 2.05. The Kier molecular flexibility index (Phi) is 2.41. The largest absolute Gasteiger partial charge is 0.384 e. The molecule has 0 saturated heterocycles. The van der Waals surface area contributed by atoms with E-state index in [0.29, 0.717) is 5.82 Å². The van der Waals surface area contributed by atoms with E-state index in [2.05, 4.69) is 10.1 Å². The van der Waals surface area contributed by atoms with Gasteiger partial charge in [-0.05, 0) is 12.1 Å². The van der Waals surface area contributed by atoms with Gasteiger partial charge < -0.3 is 5.73 Å². The molecule has 0 aliphatic heterocycles. The first-order valence-corrected chi connectivity index (χ1v) is 4.94. The van der Waals surface area contributed by atoms with Gasteiger partial charge in [0.25, 0.3) is 0 Å². The van der Waals surface area contributed by atoms with Crippen LogP contribution < -0.4 is 5.73 Å². The minimum atomic E-state index is 0.541. The Labute approximate surface area is 86.1 Å². The lowest BCUT2D eigenvalue weighted by Crippen LogP contribution is -1.88. The predicted octanol–water partition coefficient (Wildman–Crippen LogP) is 1.55. The first kappa shape index (κ1) is 9.08. The Hall–Kier alpha value is -1.49. The van der Waals surface area contributed by atoms with Gasteiger partial charge in [-0.25, -0.2) is 4.98 Å². The quantitative estimate of drug-likeness (QED) is 0.810. The topological polar surface area (TPSA) is 56.7 Å². The zero-order chi connectivity index (χ0) is 9.97. The van der Waals surface area contributed by atoms with E-state index in [1.807, 2.05) is 31.6 Å². The van der Waals surface area contributed by atoms with Crippen molar-refractivity contribution in [3.63, 3.8) is 0 Å². The van der Waals surface area contributed by atoms with Gasteiger partial charge in [-0.15, -0.1) is 0 Å². The number of nitrogen functional groups attached to an aromatic ring is 1. The Morgan fingerprint density at radius 1 is 1.43 bits per heavy atom. The molecule has 0 aliphatic rings. The molecule has 2 N–H and O–H groups in total. The highest BCUT2D eigenvalue weighted by molar-refractivity contribution is 7.99. The molecule has 0 aromatic carbocycles. The van der Waals surface area contributed by atoms with Crippen molar-refractivity contribution < 1.29 is 0 Å². The summed E-state index contributed by atoms with van der Waals surface area (Å²) in [4.78, 5) is 6.10. The average molecular weight is 206 g/mol. The smallest absolute Gasteiger partial charge is 0.124 e. The molecule has 0 radical (unpaired) electrons. The molecule has 2 heterocycles. The van der Waals surface area contributed by atoms with Crippen molar-refractivity contribution in [3.05, 3.63) is 30.7 Å². The summed E-state index contributed by atoms with van der Waals surface area (Å²) < 4.78 is 1.77. The summed E-state index contributed by atoms with van der Waals surface area (Å²) >= 11 is 1.62. The van der Waals surface area contributed by atoms with Crippen LogP contribution >= 0.6 is 11.8 Å². The predicted molar refractivity (Wildman–Crippen MR) is 56.0 cm³/mol. The van der Waals surface area contributed by atoms with E-state index >= 15 is 0 Å². The van der Waals surface area contributed by atoms with Gasteiger partial charge in [0.05, 0.1) is 11.1 Å². The maximum absolute atomic E-state index is 5.57. The molecule has 0 unspecified atom stereocenters. The van der Waals surface area contributed by atoms with Crippen LogP contribution in [0, 0.1) is 0 Å². The van der Waals surface area contributed by atoms with Gasteiger partial charge in [0.1, 0.15) is 5.82 Å². The van der Waals surface area contributed by atoms with Crippen LogP contribution in [0.5, 0.6) is 0 Å². The summed E-state index contributed by atoms with van der Waals surface area (Å²) in [7, 11) is 1.89. The monoisotopic (exact) mass is 206 g/mol. The summed E-state index contributed by atoms with van der Waals surface area (Å²) in [5.74, 6) is 0.541. The van der Waals surface area contributed by atoms with Gasteiger partial charge in [-0.3, -0.25) is 4.68 Å². The van der Waals surface area contributed by atoms with Gasteiger partial charge in [-0.1, -0.05) is 11.8 Å². The molecule has 2 rings (SSSR count). The Morgan fingerprint density at radius 3 is 2.93 bits per heavy atom. The van der Waals surface area contributed by atoms with Crippen molar-refractivity contribution in [1.82, 2.24) is 14.8 Å². The number of nitrogens with zero attached hydrogens (tertiary/aromatic N) is 3. The summed E-state index contributed by atoms with van der Waals surface area (Å²) in [5.41, 5.74) is 5.57. The molecule has 5 heteroatoms. The molecule has 0 spiro atoms. The van der Waals surface area contributed by atoms with Crippen molar-refractivity contribution in [2.24, 2.45) is 7.05 Å². The molecule has 0 bridgehead atoms. The van der Waals surface area contributed by atoms with Crippen LogP contribution in [0.3, 0.4) is 0 Å². The highest BCUT2D eigenvalue weighted by Gasteiger charge is 1.99. The minimum Gasteiger partial charge on any atom is -0.384 e. The van der Waals surface area contributed by atoms with Crippen molar-refractivity contribution in [2.75, 3.05) is 5.73 Å². The number of rotatable bonds is 2. The Morgan fingerprint density at radius 2 is 2.29 bits per heavy atom. The fraction of sp³-hybridized carbons (Fsp3) is 0.111. The minimum absolute atomic E-state index is 0.541. The lowest BCUT2D eigenvalue weighted by molar-refractivity contribution is 0.766. The lowest BCUT2D eigenvalue weighted by Gasteiger charge is -1.98. The van der Waals surface area contributed by atoms with E-state index < -0.39 is 0 Å². The first-order valence-electron chi connectivity index (χ1n) is 4.12. The highest BCUT2D eigenvalue weighted by atomic mass is 32.2. The molecule has 0 aliphatic carbocycles. The van der Waals surface area contributed by atoms with Crippen molar-refractivity contribution >= 4 is 17.6 Å². The average Bonchev–Trinajstić information content (AvgIpc) is 2.51.